The fraction of sp³-hybridized carbons (Fsp3) is 0.500. The van der Waals surface area contributed by atoms with E-state index in [1.807, 2.05) is 17.8 Å². The number of fused-ring (bicyclic) bond motifs is 2. The third kappa shape index (κ3) is 1.45. The zero-order chi connectivity index (χ0) is 10.3. The van der Waals surface area contributed by atoms with E-state index < -0.39 is 0 Å². The second kappa shape index (κ2) is 3.42. The van der Waals surface area contributed by atoms with Crippen LogP contribution in [0, 0.1) is 0 Å². The maximum Gasteiger partial charge on any atom is 0.125 e. The summed E-state index contributed by atoms with van der Waals surface area (Å²) in [5.41, 5.74) is 1.32. The first kappa shape index (κ1) is 9.55. The Balaban J connectivity index is 2.06. The van der Waals surface area contributed by atoms with Gasteiger partial charge >= 0.3 is 0 Å². The summed E-state index contributed by atoms with van der Waals surface area (Å²) < 4.78 is 5.69. The van der Waals surface area contributed by atoms with Crippen molar-refractivity contribution >= 4 is 11.8 Å². The number of hydrogen-bond donors (Lipinski definition) is 1. The molecular formula is C12H15NOS. The lowest BCUT2D eigenvalue weighted by molar-refractivity contribution is 0.243. The Morgan fingerprint density at radius 2 is 2.33 bits per heavy atom. The number of benzene rings is 1. The molecule has 0 saturated carbocycles. The molecule has 1 N–H and O–H groups in total. The Labute approximate surface area is 94.4 Å². The van der Waals surface area contributed by atoms with Gasteiger partial charge in [0.15, 0.2) is 0 Å². The molecule has 2 aliphatic rings. The summed E-state index contributed by atoms with van der Waals surface area (Å²) in [6.45, 7) is 4.20. The van der Waals surface area contributed by atoms with Crippen LogP contribution in [-0.2, 0) is 4.87 Å². The Bertz CT molecular complexity index is 382. The van der Waals surface area contributed by atoms with E-state index in [1.165, 1.54) is 5.56 Å². The van der Waals surface area contributed by atoms with Gasteiger partial charge in [0, 0.05) is 23.8 Å². The number of hydrogen-bond acceptors (Lipinski definition) is 3. The summed E-state index contributed by atoms with van der Waals surface area (Å²) in [5, 5.41) is 4.35. The lowest BCUT2D eigenvalue weighted by Gasteiger charge is -2.35. The summed E-state index contributed by atoms with van der Waals surface area (Å²) in [6, 6.07) is 8.40. The van der Waals surface area contributed by atoms with Gasteiger partial charge in [-0.05, 0) is 6.07 Å². The second-order valence-electron chi connectivity index (χ2n) is 4.23. The van der Waals surface area contributed by atoms with E-state index in [2.05, 4.69) is 30.4 Å². The summed E-state index contributed by atoms with van der Waals surface area (Å²) in [4.78, 5) is 0.119. The van der Waals surface area contributed by atoms with E-state index >= 15 is 0 Å². The molecule has 1 aromatic rings. The van der Waals surface area contributed by atoms with Crippen LogP contribution in [0.15, 0.2) is 24.3 Å². The van der Waals surface area contributed by atoms with E-state index in [-0.39, 0.29) is 4.87 Å². The van der Waals surface area contributed by atoms with Gasteiger partial charge in [0.2, 0.25) is 0 Å². The minimum Gasteiger partial charge on any atom is -0.493 e. The maximum absolute atomic E-state index is 5.69. The van der Waals surface area contributed by atoms with Crippen molar-refractivity contribution in [3.05, 3.63) is 29.8 Å². The van der Waals surface area contributed by atoms with E-state index in [0.717, 1.165) is 25.3 Å². The van der Waals surface area contributed by atoms with Crippen molar-refractivity contribution < 1.29 is 4.74 Å². The SMILES string of the molecule is CC1CNC2(CCOc3ccccc32)S1. The Hall–Kier alpha value is -0.670. The van der Waals surface area contributed by atoms with E-state index in [9.17, 15) is 0 Å². The third-order valence-electron chi connectivity index (χ3n) is 3.11. The van der Waals surface area contributed by atoms with Gasteiger partial charge in [0.25, 0.3) is 0 Å². The van der Waals surface area contributed by atoms with Crippen molar-refractivity contribution in [2.75, 3.05) is 13.2 Å². The average molecular weight is 221 g/mol. The smallest absolute Gasteiger partial charge is 0.125 e. The van der Waals surface area contributed by atoms with Crippen LogP contribution in [0.2, 0.25) is 0 Å². The molecule has 1 spiro atoms. The average Bonchev–Trinajstić information content (AvgIpc) is 2.62. The van der Waals surface area contributed by atoms with Crippen molar-refractivity contribution in [3.8, 4) is 5.75 Å². The first-order chi connectivity index (χ1) is 7.30. The molecule has 1 saturated heterocycles. The van der Waals surface area contributed by atoms with Gasteiger partial charge in [0.05, 0.1) is 11.5 Å². The molecule has 3 heteroatoms. The van der Waals surface area contributed by atoms with Crippen LogP contribution in [0.3, 0.4) is 0 Å². The molecule has 2 atom stereocenters. The summed E-state index contributed by atoms with van der Waals surface area (Å²) >= 11 is 2.04. The van der Waals surface area contributed by atoms with Crippen molar-refractivity contribution in [2.45, 2.75) is 23.5 Å². The van der Waals surface area contributed by atoms with Gasteiger partial charge in [-0.15, -0.1) is 11.8 Å². The molecule has 2 aliphatic heterocycles. The third-order valence-corrected chi connectivity index (χ3v) is 4.65. The zero-order valence-corrected chi connectivity index (χ0v) is 9.64. The molecule has 2 unspecified atom stereocenters. The molecule has 15 heavy (non-hydrogen) atoms. The van der Waals surface area contributed by atoms with Crippen LogP contribution in [0.5, 0.6) is 5.75 Å². The van der Waals surface area contributed by atoms with Gasteiger partial charge in [-0.25, -0.2) is 0 Å². The monoisotopic (exact) mass is 221 g/mol. The fourth-order valence-electron chi connectivity index (χ4n) is 2.41. The van der Waals surface area contributed by atoms with E-state index in [4.69, 9.17) is 4.74 Å². The summed E-state index contributed by atoms with van der Waals surface area (Å²) in [7, 11) is 0. The normalized spacial score (nSPS) is 33.8. The van der Waals surface area contributed by atoms with Crippen molar-refractivity contribution in [1.29, 1.82) is 0 Å². The number of thioether (sulfide) groups is 1. The van der Waals surface area contributed by atoms with Crippen LogP contribution in [0.1, 0.15) is 18.9 Å². The van der Waals surface area contributed by atoms with E-state index in [1.54, 1.807) is 0 Å². The molecule has 0 amide bonds. The molecule has 1 fully saturated rings. The lowest BCUT2D eigenvalue weighted by atomic mass is 10.00. The highest BCUT2D eigenvalue weighted by Crippen LogP contribution is 2.49. The Morgan fingerprint density at radius 1 is 1.47 bits per heavy atom. The van der Waals surface area contributed by atoms with Crippen molar-refractivity contribution in [3.63, 3.8) is 0 Å². The molecule has 80 valence electrons. The quantitative estimate of drug-likeness (QED) is 0.726. The number of rotatable bonds is 0. The van der Waals surface area contributed by atoms with Gasteiger partial charge in [-0.1, -0.05) is 25.1 Å². The molecule has 0 bridgehead atoms. The van der Waals surface area contributed by atoms with Gasteiger partial charge in [-0.3, -0.25) is 5.32 Å². The zero-order valence-electron chi connectivity index (χ0n) is 8.82. The predicted octanol–water partition coefficient (Wildman–Crippen LogP) is 2.35. The lowest BCUT2D eigenvalue weighted by Crippen LogP contribution is -2.39. The molecule has 3 rings (SSSR count). The number of para-hydroxylation sites is 1. The highest BCUT2D eigenvalue weighted by molar-refractivity contribution is 8.01. The molecule has 2 nitrogen and oxygen atoms in total. The van der Waals surface area contributed by atoms with Crippen LogP contribution in [0.4, 0.5) is 0 Å². The Morgan fingerprint density at radius 3 is 3.13 bits per heavy atom. The minimum absolute atomic E-state index is 0.119. The van der Waals surface area contributed by atoms with Crippen LogP contribution < -0.4 is 10.1 Å². The second-order valence-corrected chi connectivity index (χ2v) is 5.97. The summed E-state index contributed by atoms with van der Waals surface area (Å²) in [5.74, 6) is 1.05. The molecule has 0 aliphatic carbocycles. The largest absolute Gasteiger partial charge is 0.493 e. The van der Waals surface area contributed by atoms with Crippen LogP contribution in [-0.4, -0.2) is 18.4 Å². The minimum atomic E-state index is 0.119. The number of ether oxygens (including phenoxy) is 1. The molecule has 0 aromatic heterocycles. The first-order valence-electron chi connectivity index (χ1n) is 5.45. The maximum atomic E-state index is 5.69. The highest BCUT2D eigenvalue weighted by atomic mass is 32.2. The topological polar surface area (TPSA) is 21.3 Å². The molecular weight excluding hydrogens is 206 g/mol. The number of nitrogens with one attached hydrogen (secondary N) is 1. The van der Waals surface area contributed by atoms with Crippen molar-refractivity contribution in [1.82, 2.24) is 5.32 Å². The van der Waals surface area contributed by atoms with E-state index in [0.29, 0.717) is 5.25 Å². The van der Waals surface area contributed by atoms with Gasteiger partial charge in [0.1, 0.15) is 5.75 Å². The fourth-order valence-corrected chi connectivity index (χ4v) is 3.92. The predicted molar refractivity (Wildman–Crippen MR) is 63.3 cm³/mol. The van der Waals surface area contributed by atoms with Crippen LogP contribution in [0.25, 0.3) is 0 Å². The Kier molecular flexibility index (Phi) is 2.18. The first-order valence-corrected chi connectivity index (χ1v) is 6.33. The van der Waals surface area contributed by atoms with Crippen molar-refractivity contribution in [2.24, 2.45) is 0 Å². The standard InChI is InChI=1S/C12H15NOS/c1-9-8-13-12(15-9)6-7-14-11-5-3-2-4-10(11)12/h2-5,9,13H,6-8H2,1H3. The molecule has 1 aromatic carbocycles. The highest BCUT2D eigenvalue weighted by Gasteiger charge is 2.43. The summed E-state index contributed by atoms with van der Waals surface area (Å²) in [6.07, 6.45) is 1.07. The molecule has 0 radical (unpaired) electrons. The van der Waals surface area contributed by atoms with Crippen LogP contribution >= 0.6 is 11.8 Å². The molecule has 2 heterocycles. The van der Waals surface area contributed by atoms with Gasteiger partial charge in [-0.2, -0.15) is 0 Å². The van der Waals surface area contributed by atoms with Gasteiger partial charge < -0.3 is 4.74 Å².